The molecule has 0 unspecified atom stereocenters. The summed E-state index contributed by atoms with van der Waals surface area (Å²) in [5, 5.41) is 10.9. The van der Waals surface area contributed by atoms with Crippen LogP contribution in [0.15, 0.2) is 29.6 Å². The molecule has 1 aliphatic rings. The van der Waals surface area contributed by atoms with Gasteiger partial charge in [0.25, 0.3) is 0 Å². The average molecular weight is 302 g/mol. The molecule has 1 aromatic carbocycles. The van der Waals surface area contributed by atoms with E-state index in [1.165, 1.54) is 22.3 Å². The molecule has 0 spiro atoms. The second kappa shape index (κ2) is 5.65. The minimum absolute atomic E-state index is 0.00171. The van der Waals surface area contributed by atoms with Crippen LogP contribution in [0, 0.1) is 0 Å². The van der Waals surface area contributed by atoms with Gasteiger partial charge in [-0.3, -0.25) is 4.79 Å². The smallest absolute Gasteiger partial charge is 0.355 e. The van der Waals surface area contributed by atoms with Crippen molar-refractivity contribution in [3.05, 3.63) is 45.9 Å². The van der Waals surface area contributed by atoms with Crippen molar-refractivity contribution in [3.8, 4) is 0 Å². The lowest BCUT2D eigenvalue weighted by molar-refractivity contribution is -0.118. The van der Waals surface area contributed by atoms with Gasteiger partial charge in [-0.05, 0) is 24.5 Å². The third kappa shape index (κ3) is 2.80. The molecule has 0 atom stereocenters. The van der Waals surface area contributed by atoms with Gasteiger partial charge in [0.05, 0.1) is 6.42 Å². The number of anilines is 1. The molecule has 1 aromatic heterocycles. The van der Waals surface area contributed by atoms with Gasteiger partial charge in [-0.25, -0.2) is 9.78 Å². The van der Waals surface area contributed by atoms with E-state index in [4.69, 9.17) is 5.11 Å². The number of aryl methyl sites for hydroxylation is 1. The van der Waals surface area contributed by atoms with Gasteiger partial charge in [-0.15, -0.1) is 11.3 Å². The molecule has 0 aliphatic carbocycles. The van der Waals surface area contributed by atoms with Gasteiger partial charge >= 0.3 is 5.97 Å². The number of benzene rings is 1. The van der Waals surface area contributed by atoms with Crippen LogP contribution >= 0.6 is 11.3 Å². The van der Waals surface area contributed by atoms with Crippen LogP contribution in [0.1, 0.15) is 27.5 Å². The lowest BCUT2D eigenvalue weighted by atomic mass is 10.0. The van der Waals surface area contributed by atoms with Crippen LogP contribution in [0.2, 0.25) is 0 Å². The number of nitrogens with zero attached hydrogens (tertiary/aromatic N) is 2. The summed E-state index contributed by atoms with van der Waals surface area (Å²) >= 11 is 1.21. The fourth-order valence-corrected chi connectivity index (χ4v) is 3.27. The third-order valence-corrected chi connectivity index (χ3v) is 4.33. The van der Waals surface area contributed by atoms with Crippen molar-refractivity contribution in [1.29, 1.82) is 0 Å². The number of fused-ring (bicyclic) bond motifs is 1. The number of carboxylic acids is 1. The first-order valence-electron chi connectivity index (χ1n) is 6.71. The molecule has 2 aromatic rings. The number of rotatable bonds is 3. The summed E-state index contributed by atoms with van der Waals surface area (Å²) in [5.41, 5.74) is 2.15. The van der Waals surface area contributed by atoms with E-state index in [9.17, 15) is 9.59 Å². The summed E-state index contributed by atoms with van der Waals surface area (Å²) in [6.45, 7) is 0.701. The second-order valence-electron chi connectivity index (χ2n) is 4.89. The van der Waals surface area contributed by atoms with E-state index in [0.29, 0.717) is 11.6 Å². The molecule has 2 heterocycles. The highest BCUT2D eigenvalue weighted by molar-refractivity contribution is 7.09. The summed E-state index contributed by atoms with van der Waals surface area (Å²) in [7, 11) is 0. The van der Waals surface area contributed by atoms with E-state index < -0.39 is 5.97 Å². The number of para-hydroxylation sites is 1. The van der Waals surface area contributed by atoms with Gasteiger partial charge in [0.2, 0.25) is 5.91 Å². The van der Waals surface area contributed by atoms with Crippen LogP contribution in [0.3, 0.4) is 0 Å². The normalized spacial score (nSPS) is 13.8. The highest BCUT2D eigenvalue weighted by Crippen LogP contribution is 2.27. The summed E-state index contributed by atoms with van der Waals surface area (Å²) in [5.74, 6) is -1.10. The van der Waals surface area contributed by atoms with Crippen molar-refractivity contribution < 1.29 is 14.7 Å². The van der Waals surface area contributed by atoms with Crippen LogP contribution in [-0.4, -0.2) is 28.5 Å². The molecule has 6 heteroatoms. The molecule has 0 radical (unpaired) electrons. The molecule has 0 fully saturated rings. The average Bonchev–Trinajstić information content (AvgIpc) is 2.95. The Morgan fingerprint density at radius 3 is 2.90 bits per heavy atom. The molecule has 0 saturated heterocycles. The number of carbonyl (C=O) groups is 2. The Labute approximate surface area is 125 Å². The molecule has 3 rings (SSSR count). The van der Waals surface area contributed by atoms with Crippen molar-refractivity contribution in [2.45, 2.75) is 19.3 Å². The van der Waals surface area contributed by atoms with Crippen LogP contribution in [0.5, 0.6) is 0 Å². The lowest BCUT2D eigenvalue weighted by Gasteiger charge is -2.29. The Morgan fingerprint density at radius 1 is 1.33 bits per heavy atom. The van der Waals surface area contributed by atoms with Crippen LogP contribution in [0.4, 0.5) is 5.69 Å². The Balaban J connectivity index is 1.78. The Morgan fingerprint density at radius 2 is 2.14 bits per heavy atom. The van der Waals surface area contributed by atoms with Crippen LogP contribution in [0.25, 0.3) is 0 Å². The first-order valence-corrected chi connectivity index (χ1v) is 7.59. The first-order chi connectivity index (χ1) is 10.1. The predicted octanol–water partition coefficient (Wildman–Crippen LogP) is 2.36. The molecule has 1 N–H and O–H groups in total. The Kier molecular flexibility index (Phi) is 3.70. The summed E-state index contributed by atoms with van der Waals surface area (Å²) in [4.78, 5) is 29.0. The van der Waals surface area contributed by atoms with Crippen molar-refractivity contribution in [2.24, 2.45) is 0 Å². The van der Waals surface area contributed by atoms with E-state index in [1.54, 1.807) is 4.90 Å². The number of carbonyl (C=O) groups excluding carboxylic acids is 1. The minimum Gasteiger partial charge on any atom is -0.476 e. The van der Waals surface area contributed by atoms with E-state index in [0.717, 1.165) is 18.5 Å². The molecule has 1 aliphatic heterocycles. The highest BCUT2D eigenvalue weighted by atomic mass is 32.1. The molecular formula is C15H14N2O3S. The fraction of sp³-hybridized carbons (Fsp3) is 0.267. The highest BCUT2D eigenvalue weighted by Gasteiger charge is 2.23. The lowest BCUT2D eigenvalue weighted by Crippen LogP contribution is -2.36. The largest absolute Gasteiger partial charge is 0.476 e. The predicted molar refractivity (Wildman–Crippen MR) is 79.9 cm³/mol. The number of amides is 1. The fourth-order valence-electron chi connectivity index (χ4n) is 2.51. The number of carboxylic acid groups (broad SMARTS) is 1. The standard InChI is InChI=1S/C15H14N2O3S/c18-14(8-13-16-11(9-21-13)15(19)20)17-7-3-5-10-4-1-2-6-12(10)17/h1-2,4,6,9H,3,5,7-8H2,(H,19,20). The van der Waals surface area contributed by atoms with Crippen molar-refractivity contribution >= 4 is 28.9 Å². The Bertz CT molecular complexity index is 696. The van der Waals surface area contributed by atoms with Gasteiger partial charge < -0.3 is 10.0 Å². The molecule has 1 amide bonds. The van der Waals surface area contributed by atoms with Crippen LogP contribution < -0.4 is 4.90 Å². The van der Waals surface area contributed by atoms with Crippen molar-refractivity contribution in [1.82, 2.24) is 4.98 Å². The maximum absolute atomic E-state index is 12.5. The van der Waals surface area contributed by atoms with Gasteiger partial charge in [-0.1, -0.05) is 18.2 Å². The van der Waals surface area contributed by atoms with E-state index in [2.05, 4.69) is 4.98 Å². The van der Waals surface area contributed by atoms with Crippen LogP contribution in [-0.2, 0) is 17.6 Å². The van der Waals surface area contributed by atoms with E-state index in [-0.39, 0.29) is 18.0 Å². The zero-order valence-corrected chi connectivity index (χ0v) is 12.1. The summed E-state index contributed by atoms with van der Waals surface area (Å²) in [6, 6.07) is 7.90. The second-order valence-corrected chi connectivity index (χ2v) is 5.83. The zero-order chi connectivity index (χ0) is 14.8. The number of hydrogen-bond donors (Lipinski definition) is 1. The Hall–Kier alpha value is -2.21. The van der Waals surface area contributed by atoms with E-state index >= 15 is 0 Å². The first kappa shape index (κ1) is 13.8. The topological polar surface area (TPSA) is 70.5 Å². The number of aromatic carboxylic acids is 1. The molecule has 0 bridgehead atoms. The van der Waals surface area contributed by atoms with Crippen molar-refractivity contribution in [2.75, 3.05) is 11.4 Å². The quantitative estimate of drug-likeness (QED) is 0.945. The maximum atomic E-state index is 12.5. The van der Waals surface area contributed by atoms with Gasteiger partial charge in [-0.2, -0.15) is 0 Å². The molecule has 5 nitrogen and oxygen atoms in total. The van der Waals surface area contributed by atoms with Crippen molar-refractivity contribution in [3.63, 3.8) is 0 Å². The SMILES string of the molecule is O=C(O)c1csc(CC(=O)N2CCCc3ccccc32)n1. The number of thiazole rings is 1. The van der Waals surface area contributed by atoms with Gasteiger partial charge in [0.15, 0.2) is 5.69 Å². The van der Waals surface area contributed by atoms with Gasteiger partial charge in [0, 0.05) is 17.6 Å². The summed E-state index contributed by atoms with van der Waals surface area (Å²) < 4.78 is 0. The molecule has 108 valence electrons. The molecular weight excluding hydrogens is 288 g/mol. The van der Waals surface area contributed by atoms with E-state index in [1.807, 2.05) is 24.3 Å². The number of hydrogen-bond acceptors (Lipinski definition) is 4. The third-order valence-electron chi connectivity index (χ3n) is 3.48. The monoisotopic (exact) mass is 302 g/mol. The van der Waals surface area contributed by atoms with Gasteiger partial charge in [0.1, 0.15) is 5.01 Å². The molecule has 0 saturated carbocycles. The minimum atomic E-state index is -1.06. The zero-order valence-electron chi connectivity index (χ0n) is 11.3. The number of aromatic nitrogens is 1. The molecule has 21 heavy (non-hydrogen) atoms. The maximum Gasteiger partial charge on any atom is 0.355 e. The summed E-state index contributed by atoms with van der Waals surface area (Å²) in [6.07, 6.45) is 2.08.